The van der Waals surface area contributed by atoms with E-state index in [4.69, 9.17) is 5.26 Å². The van der Waals surface area contributed by atoms with E-state index in [9.17, 15) is 4.79 Å². The number of nitrogens with zero attached hydrogens (tertiary/aromatic N) is 2. The molecule has 1 fully saturated rings. The zero-order chi connectivity index (χ0) is 16.9. The van der Waals surface area contributed by atoms with Gasteiger partial charge in [-0.15, -0.1) is 0 Å². The molecule has 2 heterocycles. The number of carbonyl (C=O) groups is 1. The Bertz CT molecular complexity index is 990. The fourth-order valence-corrected chi connectivity index (χ4v) is 3.43. The summed E-state index contributed by atoms with van der Waals surface area (Å²) >= 11 is 0. The van der Waals surface area contributed by atoms with Gasteiger partial charge in [-0.3, -0.25) is 4.79 Å². The molecule has 0 unspecified atom stereocenters. The van der Waals surface area contributed by atoms with Gasteiger partial charge in [-0.1, -0.05) is 6.92 Å². The van der Waals surface area contributed by atoms with Gasteiger partial charge >= 0.3 is 0 Å². The summed E-state index contributed by atoms with van der Waals surface area (Å²) in [5.74, 6) is 0.302. The second-order valence-corrected chi connectivity index (χ2v) is 6.69. The molecule has 0 bridgehead atoms. The van der Waals surface area contributed by atoms with Crippen molar-refractivity contribution in [3.05, 3.63) is 59.5 Å². The van der Waals surface area contributed by atoms with Gasteiger partial charge in [-0.05, 0) is 48.2 Å². The zero-order valence-electron chi connectivity index (χ0n) is 13.6. The van der Waals surface area contributed by atoms with Crippen LogP contribution in [0.5, 0.6) is 0 Å². The van der Waals surface area contributed by atoms with Crippen LogP contribution >= 0.6 is 0 Å². The van der Waals surface area contributed by atoms with Crippen LogP contribution in [0, 0.1) is 17.2 Å². The first-order chi connectivity index (χ1) is 11.5. The van der Waals surface area contributed by atoms with Crippen molar-refractivity contribution >= 4 is 16.8 Å². The van der Waals surface area contributed by atoms with Crippen molar-refractivity contribution in [2.24, 2.45) is 13.0 Å². The van der Waals surface area contributed by atoms with Gasteiger partial charge < -0.3 is 14.9 Å². The van der Waals surface area contributed by atoms with Crippen LogP contribution in [0.15, 0.2) is 42.7 Å². The summed E-state index contributed by atoms with van der Waals surface area (Å²) in [6.45, 7) is 2.15. The molecule has 3 aromatic rings. The summed E-state index contributed by atoms with van der Waals surface area (Å²) in [5.41, 5.74) is 2.85. The van der Waals surface area contributed by atoms with Crippen LogP contribution in [0.2, 0.25) is 0 Å². The van der Waals surface area contributed by atoms with Crippen LogP contribution in [0.25, 0.3) is 10.9 Å². The lowest BCUT2D eigenvalue weighted by molar-refractivity contribution is 0.0923. The van der Waals surface area contributed by atoms with Gasteiger partial charge in [0.2, 0.25) is 0 Å². The lowest BCUT2D eigenvalue weighted by Gasteiger charge is -2.17. The highest BCUT2D eigenvalue weighted by molar-refractivity contribution is 5.98. The van der Waals surface area contributed by atoms with Crippen molar-refractivity contribution in [3.63, 3.8) is 0 Å². The SMILES string of the molecule is C[C@H]1C[C@]1(NC(=O)c1cc2cc(C#N)ccc2[nH]1)c1ccn(C)c1. The number of aryl methyl sites for hydroxylation is 1. The van der Waals surface area contributed by atoms with Gasteiger partial charge in [0.15, 0.2) is 0 Å². The maximum Gasteiger partial charge on any atom is 0.268 e. The van der Waals surface area contributed by atoms with Crippen molar-refractivity contribution in [1.82, 2.24) is 14.9 Å². The van der Waals surface area contributed by atoms with Crippen LogP contribution in [0.1, 0.15) is 35.0 Å². The predicted octanol–water partition coefficient (Wildman–Crippen LogP) is 3.04. The zero-order valence-corrected chi connectivity index (χ0v) is 13.6. The molecule has 0 aliphatic heterocycles. The van der Waals surface area contributed by atoms with E-state index in [-0.39, 0.29) is 11.4 Å². The molecule has 120 valence electrons. The third kappa shape index (κ3) is 2.19. The molecule has 5 nitrogen and oxygen atoms in total. The molecule has 1 aromatic carbocycles. The standard InChI is InChI=1S/C19H18N4O/c1-12-9-19(12,15-5-6-23(2)11-15)22-18(24)17-8-14-7-13(10-20)3-4-16(14)21-17/h3-8,11-12,21H,9H2,1-2H3,(H,22,24)/t12-,19+/m0/s1. The average molecular weight is 318 g/mol. The van der Waals surface area contributed by atoms with Crippen LogP contribution in [0.4, 0.5) is 0 Å². The Morgan fingerprint density at radius 2 is 2.21 bits per heavy atom. The smallest absolute Gasteiger partial charge is 0.268 e. The number of fused-ring (bicyclic) bond motifs is 1. The second-order valence-electron chi connectivity index (χ2n) is 6.69. The molecule has 1 aliphatic rings. The Hall–Kier alpha value is -3.00. The summed E-state index contributed by atoms with van der Waals surface area (Å²) in [4.78, 5) is 15.9. The number of aromatic amines is 1. The molecule has 2 atom stereocenters. The molecule has 0 spiro atoms. The number of benzene rings is 1. The minimum atomic E-state index is -0.270. The van der Waals surface area contributed by atoms with E-state index in [2.05, 4.69) is 35.6 Å². The first-order valence-corrected chi connectivity index (χ1v) is 8.00. The average Bonchev–Trinajstić information content (AvgIpc) is 2.96. The highest BCUT2D eigenvalue weighted by Gasteiger charge is 2.54. The van der Waals surface area contributed by atoms with Crippen molar-refractivity contribution in [1.29, 1.82) is 5.26 Å². The second kappa shape index (κ2) is 5.00. The lowest BCUT2D eigenvalue weighted by atomic mass is 10.1. The van der Waals surface area contributed by atoms with E-state index in [1.807, 2.05) is 23.9 Å². The fourth-order valence-electron chi connectivity index (χ4n) is 3.43. The molecule has 1 aliphatic carbocycles. The van der Waals surface area contributed by atoms with Gasteiger partial charge in [0.1, 0.15) is 5.69 Å². The lowest BCUT2D eigenvalue weighted by Crippen LogP contribution is -2.36. The summed E-state index contributed by atoms with van der Waals surface area (Å²) in [6, 6.07) is 11.3. The van der Waals surface area contributed by atoms with Gasteiger partial charge in [0, 0.05) is 30.3 Å². The molecule has 2 N–H and O–H groups in total. The third-order valence-corrected chi connectivity index (χ3v) is 4.99. The largest absolute Gasteiger partial charge is 0.357 e. The number of nitrogens with one attached hydrogen (secondary N) is 2. The minimum absolute atomic E-state index is 0.113. The maximum absolute atomic E-state index is 12.7. The normalized spacial score (nSPS) is 22.3. The Morgan fingerprint density at radius 1 is 1.42 bits per heavy atom. The number of hydrogen-bond donors (Lipinski definition) is 2. The van der Waals surface area contributed by atoms with Crippen LogP contribution in [0.3, 0.4) is 0 Å². The van der Waals surface area contributed by atoms with Gasteiger partial charge in [-0.2, -0.15) is 5.26 Å². The molecule has 1 saturated carbocycles. The van der Waals surface area contributed by atoms with E-state index < -0.39 is 0 Å². The molecule has 4 rings (SSSR count). The number of carbonyl (C=O) groups excluding carboxylic acids is 1. The minimum Gasteiger partial charge on any atom is -0.357 e. The van der Waals surface area contributed by atoms with Crippen LogP contribution in [-0.2, 0) is 12.6 Å². The van der Waals surface area contributed by atoms with E-state index >= 15 is 0 Å². The molecular weight excluding hydrogens is 300 g/mol. The third-order valence-electron chi connectivity index (χ3n) is 4.99. The fraction of sp³-hybridized carbons (Fsp3) is 0.263. The van der Waals surface area contributed by atoms with E-state index in [1.165, 1.54) is 0 Å². The van der Waals surface area contributed by atoms with Crippen molar-refractivity contribution < 1.29 is 4.79 Å². The molecule has 5 heteroatoms. The summed E-state index contributed by atoms with van der Waals surface area (Å²) in [5, 5.41) is 13.1. The quantitative estimate of drug-likeness (QED) is 0.779. The number of amides is 1. The first kappa shape index (κ1) is 14.6. The van der Waals surface area contributed by atoms with Crippen molar-refractivity contribution in [3.8, 4) is 6.07 Å². The molecular formula is C19H18N4O. The number of nitriles is 1. The number of hydrogen-bond acceptors (Lipinski definition) is 2. The Labute approximate surface area is 139 Å². The van der Waals surface area contributed by atoms with Crippen molar-refractivity contribution in [2.75, 3.05) is 0 Å². The van der Waals surface area contributed by atoms with E-state index in [0.29, 0.717) is 17.2 Å². The number of rotatable bonds is 3. The van der Waals surface area contributed by atoms with E-state index in [0.717, 1.165) is 22.9 Å². The number of H-pyrrole nitrogens is 1. The Balaban J connectivity index is 1.63. The topological polar surface area (TPSA) is 73.6 Å². The first-order valence-electron chi connectivity index (χ1n) is 8.00. The Morgan fingerprint density at radius 3 is 2.83 bits per heavy atom. The van der Waals surface area contributed by atoms with Crippen molar-refractivity contribution in [2.45, 2.75) is 18.9 Å². The monoisotopic (exact) mass is 318 g/mol. The highest BCUT2D eigenvalue weighted by atomic mass is 16.2. The number of aromatic nitrogens is 2. The summed E-state index contributed by atoms with van der Waals surface area (Å²) in [7, 11) is 1.98. The maximum atomic E-state index is 12.7. The van der Waals surface area contributed by atoms with Crippen LogP contribution < -0.4 is 5.32 Å². The highest BCUT2D eigenvalue weighted by Crippen LogP contribution is 2.51. The van der Waals surface area contributed by atoms with Gasteiger partial charge in [0.05, 0.1) is 17.2 Å². The predicted molar refractivity (Wildman–Crippen MR) is 91.4 cm³/mol. The van der Waals surface area contributed by atoms with Gasteiger partial charge in [0.25, 0.3) is 5.91 Å². The summed E-state index contributed by atoms with van der Waals surface area (Å²) in [6.07, 6.45) is 5.01. The molecule has 24 heavy (non-hydrogen) atoms. The molecule has 1 amide bonds. The molecule has 2 aromatic heterocycles. The summed E-state index contributed by atoms with van der Waals surface area (Å²) < 4.78 is 2.00. The Kier molecular flexibility index (Phi) is 3.04. The van der Waals surface area contributed by atoms with E-state index in [1.54, 1.807) is 18.2 Å². The van der Waals surface area contributed by atoms with Gasteiger partial charge in [-0.25, -0.2) is 0 Å². The molecule has 0 radical (unpaired) electrons. The molecule has 0 saturated heterocycles. The van der Waals surface area contributed by atoms with Crippen LogP contribution in [-0.4, -0.2) is 15.5 Å².